The number of Topliss-reactive ketones (excluding diaryl/α,β-unsaturated/α-hetero) is 8. The van der Waals surface area contributed by atoms with E-state index in [1.807, 2.05) is 0 Å². The Kier molecular flexibility index (Phi) is 206. The van der Waals surface area contributed by atoms with Crippen molar-refractivity contribution < 1.29 is 209 Å². The van der Waals surface area contributed by atoms with Crippen molar-refractivity contribution in [2.75, 3.05) is 91.6 Å². The van der Waals surface area contributed by atoms with Gasteiger partial charge in [-0.3, -0.25) is 66.5 Å². The van der Waals surface area contributed by atoms with Crippen LogP contribution in [0.5, 0.6) is 0 Å². The molecule has 0 aliphatic carbocycles. The number of carbonyl (C=O) groups is 16. The van der Waals surface area contributed by atoms with Crippen LogP contribution in [0.4, 0.5) is 0 Å². The van der Waals surface area contributed by atoms with E-state index in [1.54, 1.807) is 74.8 Å². The van der Waals surface area contributed by atoms with E-state index in [1.165, 1.54) is 94.8 Å². The molecule has 0 aromatic heterocycles. The topological polar surface area (TPSA) is 467 Å². The number of thiol groups is 1. The molecule has 31 nitrogen and oxygen atoms in total. The summed E-state index contributed by atoms with van der Waals surface area (Å²) in [6.07, 6.45) is -3.63. The Hall–Kier alpha value is -1.30. The fourth-order valence-electron chi connectivity index (χ4n) is 6.23. The fourth-order valence-corrected chi connectivity index (χ4v) is 8.65. The molecule has 0 saturated heterocycles. The minimum Gasteiger partial charge on any atom is -0.855 e. The van der Waals surface area contributed by atoms with Gasteiger partial charge in [-0.2, -0.15) is 17.4 Å². The van der Waals surface area contributed by atoms with Crippen molar-refractivity contribution in [2.45, 2.75) is 168 Å². The summed E-state index contributed by atoms with van der Waals surface area (Å²) in [5.74, 6) is -8.57. The standard InChI is InChI=1S/C7H12O5S.C7H12O4S.C7H12O4.C7H12O3S.C7H12O3.C6H8N2O3.C6H10O3.C6H9O3.C2H5O.CH4S.2CH4.CH3.B10.B9.B8.B7.B6.B5.B4.B3.B.Na.2V/c1-4-12-7(9)6(5(2)8)13(3,10)11;1-4-11-7(9)6(5(2)8)12(3)10;1-4-11-7(9)6(10-3)5(2)8;1-4-10-7(9)6(11-3)5(2)8;1-4-10-7(9)5(2)6(3)8;1-3-11-6(10)5(8-7)4(2)9;2*1-3-9-6(8)4-5(2)7;1-2-3;1-2;;;;1-7(2)10(8(3)4)9(5)6;1-6-9(7(2)3)8(4)5;1-6(2)8(5)7(3)4;1-5-7(4)6(2)3;1-5(2)6(3)4;1-4-5(2)3;1-4(2)3;1-3-2;;;;/h6H,4H2,1-3H3;6H,4H2,1-3H3;2*6H,4H2,1-3H3;5H,4H2,1-3H3;3H2,1-2H3;3-4H2,1-2H3;4H,3H2,1-2H3;2H2,1H3;2H,1H3;2*1H4;1H3;;;;;;;;;;;;/q;;;;;;;2*-1;;;;-1;;;;;;;;;;+1;;. The number of hydrogen-bond acceptors (Lipinski definition) is 31. The zero-order chi connectivity index (χ0) is 118. The van der Waals surface area contributed by atoms with Crippen LogP contribution >= 0.6 is 24.4 Å². The van der Waals surface area contributed by atoms with Crippen LogP contribution in [0.2, 0.25) is 0 Å². The van der Waals surface area contributed by atoms with Crippen molar-refractivity contribution in [3.63, 3.8) is 0 Å². The van der Waals surface area contributed by atoms with Crippen molar-refractivity contribution in [3.8, 4) is 0 Å². The number of rotatable bonds is 40. The Labute approximate surface area is 1010 Å². The quantitative estimate of drug-likeness (QED) is 0.00685. The molecule has 0 rings (SSSR count). The van der Waals surface area contributed by atoms with Gasteiger partial charge < -0.3 is 65.5 Å². The van der Waals surface area contributed by atoms with Gasteiger partial charge in [0.15, 0.2) is 49.4 Å². The summed E-state index contributed by atoms with van der Waals surface area (Å²) in [4.78, 5) is 173. The van der Waals surface area contributed by atoms with E-state index in [9.17, 15) is 89.3 Å². The van der Waals surface area contributed by atoms with Crippen LogP contribution in [0, 0.1) is 19.8 Å². The summed E-state index contributed by atoms with van der Waals surface area (Å²) < 4.78 is 73.6. The second kappa shape index (κ2) is 146. The summed E-state index contributed by atoms with van der Waals surface area (Å²) in [5.41, 5.74) is 7.58. The van der Waals surface area contributed by atoms with Crippen LogP contribution in [0.1, 0.15) is 146 Å². The van der Waals surface area contributed by atoms with E-state index >= 15 is 0 Å². The maximum Gasteiger partial charge on any atom is 1.00 e. The number of sulfone groups is 1. The van der Waals surface area contributed by atoms with Crippen molar-refractivity contribution in [3.05, 3.63) is 19.4 Å². The second-order valence-corrected chi connectivity index (χ2v) is 30.6. The largest absolute Gasteiger partial charge is 1.00 e. The Balaban J connectivity index is -0.0000000484. The summed E-state index contributed by atoms with van der Waals surface area (Å²) >= 11 is 4.73. The average Bonchev–Trinajstić information content (AvgIpc) is 0.849. The zero-order valence-corrected chi connectivity index (χ0v) is 98.1. The first-order valence-corrected chi connectivity index (χ1v) is 47.5. The first-order chi connectivity index (χ1) is 65.4. The molecule has 150 heavy (non-hydrogen) atoms. The molecule has 0 N–H and O–H groups in total. The molecule has 0 bridgehead atoms. The van der Waals surface area contributed by atoms with E-state index in [-0.39, 0.29) is 179 Å². The third kappa shape index (κ3) is 167. The van der Waals surface area contributed by atoms with Crippen LogP contribution < -0.4 is 34.7 Å². The summed E-state index contributed by atoms with van der Waals surface area (Å²) in [6, 6.07) is 0. The van der Waals surface area contributed by atoms with Gasteiger partial charge >= 0.3 is 77.1 Å². The van der Waals surface area contributed by atoms with Gasteiger partial charge in [0.1, 0.15) is 23.9 Å². The number of esters is 8. The van der Waals surface area contributed by atoms with Crippen LogP contribution in [0.15, 0.2) is 0 Å². The third-order valence-electron chi connectivity index (χ3n) is 12.8. The number of methoxy groups -OCH3 is 1. The smallest absolute Gasteiger partial charge is 0.855 e. The molecule has 0 saturated carbocycles. The number of carbonyl (C=O) groups excluding carboxylic acids is 16. The van der Waals surface area contributed by atoms with E-state index in [2.05, 4.69) is 98.7 Å². The number of ether oxygens (including phenoxy) is 9. The third-order valence-corrected chi connectivity index (χ3v) is 16.4. The Morgan fingerprint density at radius 2 is 0.773 bits per heavy atom. The second-order valence-electron chi connectivity index (χ2n) is 26.1. The van der Waals surface area contributed by atoms with Crippen LogP contribution in [-0.2, 0) is 177 Å². The number of ketones is 8. The molecule has 0 fully saturated rings. The molecular formula is C59H107B53N2NaO29S4V2-2. The van der Waals surface area contributed by atoms with Gasteiger partial charge in [0.25, 0.3) is 0 Å². The molecule has 0 aromatic carbocycles. The van der Waals surface area contributed by atoms with Gasteiger partial charge in [0, 0.05) is 467 Å². The monoisotopic (exact) mass is 2140 g/mol. The van der Waals surface area contributed by atoms with Crippen molar-refractivity contribution in [1.82, 2.24) is 0 Å². The first kappa shape index (κ1) is 212. The molecule has 723 valence electrons. The molecule has 73 radical (unpaired) electrons. The van der Waals surface area contributed by atoms with Crippen LogP contribution in [-0.4, -0.2) is 617 Å². The van der Waals surface area contributed by atoms with Crippen LogP contribution in [0.3, 0.4) is 0 Å². The van der Waals surface area contributed by atoms with E-state index in [4.69, 9.17) is 220 Å². The Morgan fingerprint density at radius 3 is 0.933 bits per heavy atom. The van der Waals surface area contributed by atoms with Crippen molar-refractivity contribution in [2.24, 2.45) is 5.92 Å². The Morgan fingerprint density at radius 1 is 0.467 bits per heavy atom. The molecule has 0 aliphatic heterocycles. The molecule has 91 heteroatoms. The van der Waals surface area contributed by atoms with Gasteiger partial charge in [-0.05, 0) is 123 Å². The average molecular weight is 2130 g/mol. The van der Waals surface area contributed by atoms with Crippen molar-refractivity contribution in [1.29, 1.82) is 0 Å². The summed E-state index contributed by atoms with van der Waals surface area (Å²) in [7, 11) is 162. The maximum absolute atomic E-state index is 11.0. The van der Waals surface area contributed by atoms with Gasteiger partial charge in [-0.1, -0.05) is 21.8 Å². The van der Waals surface area contributed by atoms with E-state index in [0.29, 0.717) is 26.4 Å². The maximum atomic E-state index is 11.0. The van der Waals surface area contributed by atoms with Crippen molar-refractivity contribution >= 4 is 531 Å². The summed E-state index contributed by atoms with van der Waals surface area (Å²) in [5, 5.41) is 5.49. The zero-order valence-electron chi connectivity index (χ0n) is 89.9. The van der Waals surface area contributed by atoms with E-state index in [0.717, 1.165) is 33.6 Å². The number of hydrogen-bond donors (Lipinski definition) is 1. The molecule has 0 spiro atoms. The van der Waals surface area contributed by atoms with E-state index < -0.39 is 209 Å². The minimum absolute atomic E-state index is 0. The van der Waals surface area contributed by atoms with Gasteiger partial charge in [0.2, 0.25) is 17.1 Å². The molecule has 0 aromatic rings. The normalized spacial score (nSPS) is 9.31. The fraction of sp³-hybridized carbons (Fsp3) is 0.678. The predicted octanol–water partition coefficient (Wildman–Crippen LogP) is -19.6. The molecule has 6 atom stereocenters. The summed E-state index contributed by atoms with van der Waals surface area (Å²) in [6.45, 7) is 28.4. The SMILES string of the molecule is C.C.CCOC(=O)C(=[N+]=[N-])C(C)=O.CCOC(=O)C(C(C)=O)S(C)(=O)=O.CCOC(=O)C(C(C)=O)S(C)=O.CCOC(=O)C(C)C(C)=O.CCOC(=O)C(OC)C(C)=O.CCOC(=O)C(SC)C(C)=O.CCOC(=O)CC(C)=O.CCOC(=O)[CH-]C(C)=O.CC[O-].CS.[B].[B]B([B])B(B([B])[B])B([B])[B].[B]B([B])B([B])B([B])[B].[B]B([B])B([B])[B].[B]B([B])[B].[B][B]B(B([B])[B])B([B])[B].[B][B]B([B])B([B])[B].[B][B]B([B])[B].[B][B][B].[CH3-].[Na+].[V].[V]. The molecule has 6 unspecified atom stereocenters. The van der Waals surface area contributed by atoms with Crippen LogP contribution in [0.25, 0.3) is 5.53 Å². The van der Waals surface area contributed by atoms with Gasteiger partial charge in [0.05, 0.1) is 52.9 Å². The molecular weight excluding hydrogens is 2030 g/mol. The minimum atomic E-state index is -3.71. The molecule has 0 heterocycles. The molecule has 0 aliphatic rings. The predicted molar refractivity (Wildman–Crippen MR) is 660 cm³/mol. The first-order valence-electron chi connectivity index (χ1n) is 41.7. The molecule has 0 amide bonds. The van der Waals surface area contributed by atoms with Gasteiger partial charge in [-0.25, -0.2) is 24.4 Å². The van der Waals surface area contributed by atoms with Gasteiger partial charge in [-0.15, -0.1) is 18.4 Å². The Bertz CT molecular complexity index is 3380. The number of nitrogens with zero attached hydrogens (tertiary/aromatic N) is 2. The number of thioether (sulfide) groups is 1.